The van der Waals surface area contributed by atoms with Gasteiger partial charge in [-0.1, -0.05) is 59.8 Å². The van der Waals surface area contributed by atoms with E-state index in [2.05, 4.69) is 15.6 Å². The molecule has 0 spiro atoms. The van der Waals surface area contributed by atoms with E-state index in [1.807, 2.05) is 54.6 Å². The molecule has 2 amide bonds. The quantitative estimate of drug-likeness (QED) is 0.244. The maximum absolute atomic E-state index is 14.2. The fourth-order valence-electron chi connectivity index (χ4n) is 4.72. The summed E-state index contributed by atoms with van der Waals surface area (Å²) in [4.78, 5) is 29.9. The zero-order chi connectivity index (χ0) is 29.5. The fourth-order valence-corrected chi connectivity index (χ4v) is 4.72. The van der Waals surface area contributed by atoms with E-state index in [-0.39, 0.29) is 19.0 Å². The van der Waals surface area contributed by atoms with E-state index in [9.17, 15) is 9.59 Å². The first kappa shape index (κ1) is 28.2. The predicted molar refractivity (Wildman–Crippen MR) is 158 cm³/mol. The lowest BCUT2D eigenvalue weighted by atomic mass is 10.0. The number of amides is 2. The molecular weight excluding hydrogens is 534 g/mol. The maximum atomic E-state index is 14.2. The number of methoxy groups -OCH3 is 3. The molecule has 10 heteroatoms. The molecule has 1 N–H and O–H groups in total. The summed E-state index contributed by atoms with van der Waals surface area (Å²) in [6.07, 6.45) is 0. The van der Waals surface area contributed by atoms with Gasteiger partial charge in [-0.15, -0.1) is 5.10 Å². The van der Waals surface area contributed by atoms with Gasteiger partial charge in [-0.05, 0) is 47.5 Å². The van der Waals surface area contributed by atoms with Crippen molar-refractivity contribution in [2.45, 2.75) is 19.1 Å². The summed E-state index contributed by atoms with van der Waals surface area (Å²) in [5.74, 6) is 0.900. The summed E-state index contributed by atoms with van der Waals surface area (Å²) in [6, 6.07) is 28.1. The highest BCUT2D eigenvalue weighted by Crippen LogP contribution is 2.32. The van der Waals surface area contributed by atoms with E-state index in [0.717, 1.165) is 11.1 Å². The molecule has 214 valence electrons. The van der Waals surface area contributed by atoms with Crippen LogP contribution in [0.3, 0.4) is 0 Å². The monoisotopic (exact) mass is 565 g/mol. The van der Waals surface area contributed by atoms with Crippen LogP contribution in [-0.4, -0.2) is 53.0 Å². The van der Waals surface area contributed by atoms with E-state index in [1.165, 1.54) is 7.11 Å². The second kappa shape index (κ2) is 12.9. The molecule has 0 bridgehead atoms. The number of nitrogens with zero attached hydrogens (tertiary/aromatic N) is 4. The summed E-state index contributed by atoms with van der Waals surface area (Å²) in [5.41, 5.74) is 3.31. The number of carbonyl (C=O) groups excluding carboxylic acids is 2. The zero-order valence-corrected chi connectivity index (χ0v) is 23.6. The molecule has 0 unspecified atom stereocenters. The Morgan fingerprint density at radius 1 is 0.833 bits per heavy atom. The van der Waals surface area contributed by atoms with Gasteiger partial charge in [0, 0.05) is 12.6 Å². The van der Waals surface area contributed by atoms with Crippen molar-refractivity contribution in [2.24, 2.45) is 0 Å². The molecule has 0 aliphatic carbocycles. The third kappa shape index (κ3) is 6.17. The standard InChI is InChI=1S/C32H31N5O5/c1-40-24-15-13-23(14-16-24)31(32(39)33-27-18-17-25(41-2)19-29(27)42-3)36(20-22-9-5-4-6-10-22)30(38)21-37-28-12-8-7-11-26(28)34-35-37/h4-19,31H,20-21H2,1-3H3,(H,33,39)/t31-/m0/s1. The molecule has 5 rings (SSSR count). The summed E-state index contributed by atoms with van der Waals surface area (Å²) in [7, 11) is 4.64. The van der Waals surface area contributed by atoms with Gasteiger partial charge in [-0.3, -0.25) is 9.59 Å². The van der Waals surface area contributed by atoms with Crippen molar-refractivity contribution in [3.63, 3.8) is 0 Å². The number of para-hydroxylation sites is 1. The Hall–Kier alpha value is -5.38. The highest BCUT2D eigenvalue weighted by Gasteiger charge is 2.33. The van der Waals surface area contributed by atoms with Crippen LogP contribution in [0, 0.1) is 0 Å². The van der Waals surface area contributed by atoms with Gasteiger partial charge in [0.1, 0.15) is 35.4 Å². The molecule has 42 heavy (non-hydrogen) atoms. The lowest BCUT2D eigenvalue weighted by Gasteiger charge is -2.32. The summed E-state index contributed by atoms with van der Waals surface area (Å²) in [6.45, 7) is 0.0648. The number of hydrogen-bond donors (Lipinski definition) is 1. The van der Waals surface area contributed by atoms with Gasteiger partial charge in [0.05, 0.1) is 32.5 Å². The summed E-state index contributed by atoms with van der Waals surface area (Å²) in [5, 5.41) is 11.4. The van der Waals surface area contributed by atoms with Crippen LogP contribution in [0.15, 0.2) is 97.1 Å². The normalized spacial score (nSPS) is 11.5. The average Bonchev–Trinajstić information content (AvgIpc) is 3.44. The topological polar surface area (TPSA) is 108 Å². The highest BCUT2D eigenvalue weighted by atomic mass is 16.5. The van der Waals surface area contributed by atoms with Gasteiger partial charge in [0.25, 0.3) is 5.91 Å². The van der Waals surface area contributed by atoms with Crippen LogP contribution in [0.25, 0.3) is 11.0 Å². The minimum absolute atomic E-state index is 0.112. The molecule has 0 aliphatic heterocycles. The van der Waals surface area contributed by atoms with Crippen LogP contribution in [-0.2, 0) is 22.7 Å². The predicted octanol–water partition coefficient (Wildman–Crippen LogP) is 4.87. The highest BCUT2D eigenvalue weighted by molar-refractivity contribution is 5.99. The smallest absolute Gasteiger partial charge is 0.251 e. The molecule has 0 fully saturated rings. The van der Waals surface area contributed by atoms with E-state index >= 15 is 0 Å². The number of aromatic nitrogens is 3. The van der Waals surface area contributed by atoms with Crippen molar-refractivity contribution < 1.29 is 23.8 Å². The Kier molecular flexibility index (Phi) is 8.62. The third-order valence-electron chi connectivity index (χ3n) is 6.88. The van der Waals surface area contributed by atoms with Crippen LogP contribution in [0.5, 0.6) is 17.2 Å². The van der Waals surface area contributed by atoms with Crippen LogP contribution < -0.4 is 19.5 Å². The molecule has 1 atom stereocenters. The number of ether oxygens (including phenoxy) is 3. The first-order valence-electron chi connectivity index (χ1n) is 13.3. The molecule has 0 saturated carbocycles. The van der Waals surface area contributed by atoms with Crippen molar-refractivity contribution in [3.05, 3.63) is 108 Å². The molecule has 1 heterocycles. The molecule has 5 aromatic rings. The minimum atomic E-state index is -1.01. The lowest BCUT2D eigenvalue weighted by Crippen LogP contribution is -2.42. The van der Waals surface area contributed by atoms with Gasteiger partial charge < -0.3 is 24.4 Å². The SMILES string of the molecule is COc1ccc([C@@H](C(=O)Nc2ccc(OC)cc2OC)N(Cc2ccccc2)C(=O)Cn2nnc3ccccc32)cc1. The van der Waals surface area contributed by atoms with Gasteiger partial charge in [-0.2, -0.15) is 0 Å². The average molecular weight is 566 g/mol. The molecule has 4 aromatic carbocycles. The molecule has 0 saturated heterocycles. The molecule has 1 aromatic heterocycles. The number of fused-ring (bicyclic) bond motifs is 1. The Morgan fingerprint density at radius 2 is 1.52 bits per heavy atom. The van der Waals surface area contributed by atoms with E-state index < -0.39 is 11.9 Å². The van der Waals surface area contributed by atoms with Crippen molar-refractivity contribution in [3.8, 4) is 17.2 Å². The Balaban J connectivity index is 1.56. The number of benzene rings is 4. The van der Waals surface area contributed by atoms with Gasteiger partial charge in [0.2, 0.25) is 5.91 Å². The second-order valence-electron chi connectivity index (χ2n) is 9.47. The minimum Gasteiger partial charge on any atom is -0.497 e. The van der Waals surface area contributed by atoms with Crippen LogP contribution >= 0.6 is 0 Å². The number of rotatable bonds is 11. The first-order chi connectivity index (χ1) is 20.5. The number of hydrogen-bond acceptors (Lipinski definition) is 7. The van der Waals surface area contributed by atoms with Crippen molar-refractivity contribution >= 4 is 28.5 Å². The molecule has 0 aliphatic rings. The second-order valence-corrected chi connectivity index (χ2v) is 9.47. The maximum Gasteiger partial charge on any atom is 0.251 e. The first-order valence-corrected chi connectivity index (χ1v) is 13.3. The van der Waals surface area contributed by atoms with Crippen molar-refractivity contribution in [1.82, 2.24) is 19.9 Å². The van der Waals surface area contributed by atoms with E-state index in [4.69, 9.17) is 14.2 Å². The Morgan fingerprint density at radius 3 is 2.24 bits per heavy atom. The number of anilines is 1. The largest absolute Gasteiger partial charge is 0.497 e. The van der Waals surface area contributed by atoms with Crippen LogP contribution in [0.2, 0.25) is 0 Å². The van der Waals surface area contributed by atoms with Crippen LogP contribution in [0.1, 0.15) is 17.2 Å². The number of nitrogens with one attached hydrogen (secondary N) is 1. The zero-order valence-electron chi connectivity index (χ0n) is 23.6. The summed E-state index contributed by atoms with van der Waals surface area (Å²) >= 11 is 0. The summed E-state index contributed by atoms with van der Waals surface area (Å²) < 4.78 is 17.7. The number of carbonyl (C=O) groups is 2. The Labute approximate surface area is 243 Å². The van der Waals surface area contributed by atoms with Gasteiger partial charge >= 0.3 is 0 Å². The van der Waals surface area contributed by atoms with Crippen LogP contribution in [0.4, 0.5) is 5.69 Å². The fraction of sp³-hybridized carbons (Fsp3) is 0.188. The van der Waals surface area contributed by atoms with E-state index in [1.54, 1.807) is 66.3 Å². The van der Waals surface area contributed by atoms with Gasteiger partial charge in [0.15, 0.2) is 0 Å². The lowest BCUT2D eigenvalue weighted by molar-refractivity contribution is -0.140. The Bertz CT molecular complexity index is 1670. The molecule has 0 radical (unpaired) electrons. The van der Waals surface area contributed by atoms with Crippen molar-refractivity contribution in [1.29, 1.82) is 0 Å². The van der Waals surface area contributed by atoms with Gasteiger partial charge in [-0.25, -0.2) is 4.68 Å². The van der Waals surface area contributed by atoms with E-state index in [0.29, 0.717) is 34.0 Å². The third-order valence-corrected chi connectivity index (χ3v) is 6.88. The van der Waals surface area contributed by atoms with Crippen molar-refractivity contribution in [2.75, 3.05) is 26.6 Å². The molecular formula is C32H31N5O5. The molecule has 10 nitrogen and oxygen atoms in total.